The van der Waals surface area contributed by atoms with Crippen LogP contribution in [0.1, 0.15) is 0 Å². The molecular formula is C20H17BO3. The predicted molar refractivity (Wildman–Crippen MR) is 99.2 cm³/mol. The number of para-hydroxylation sites is 1. The summed E-state index contributed by atoms with van der Waals surface area (Å²) >= 11 is 0. The highest BCUT2D eigenvalue weighted by Gasteiger charge is 2.12. The van der Waals surface area contributed by atoms with E-state index in [0.29, 0.717) is 0 Å². The molecule has 0 aliphatic heterocycles. The first-order valence-corrected chi connectivity index (χ1v) is 7.94. The van der Waals surface area contributed by atoms with Gasteiger partial charge in [0.15, 0.2) is 0 Å². The van der Waals surface area contributed by atoms with E-state index in [1.165, 1.54) is 0 Å². The molecule has 0 spiro atoms. The summed E-state index contributed by atoms with van der Waals surface area (Å²) in [4.78, 5) is 0. The minimum absolute atomic E-state index is 0.544. The Balaban J connectivity index is 1.93. The standard InChI is InChI=1S/C20H17BO3/c1-21(22)15-9-14(10-16(12-15)23-2)13-7-8-20-18(11-13)17-5-3-4-6-19(17)24-20/h3-12,22H,1-2H3. The SMILES string of the molecule is COc1cc(B(C)O)cc(-c2ccc3oc4ccccc4c3c2)c1. The monoisotopic (exact) mass is 316 g/mol. The molecule has 0 radical (unpaired) electrons. The van der Waals surface area contributed by atoms with Crippen LogP contribution >= 0.6 is 0 Å². The van der Waals surface area contributed by atoms with E-state index in [1.807, 2.05) is 48.5 Å². The zero-order valence-corrected chi connectivity index (χ0v) is 13.6. The first-order chi connectivity index (χ1) is 11.7. The van der Waals surface area contributed by atoms with E-state index in [2.05, 4.69) is 12.1 Å². The fraction of sp³-hybridized carbons (Fsp3) is 0.100. The summed E-state index contributed by atoms with van der Waals surface area (Å²) in [5, 5.41) is 12.1. The first kappa shape index (κ1) is 14.9. The Labute approximate surface area is 140 Å². The fourth-order valence-electron chi connectivity index (χ4n) is 3.05. The molecular weight excluding hydrogens is 299 g/mol. The van der Waals surface area contributed by atoms with Crippen molar-refractivity contribution in [3.63, 3.8) is 0 Å². The van der Waals surface area contributed by atoms with Crippen LogP contribution in [0.25, 0.3) is 33.1 Å². The van der Waals surface area contributed by atoms with Gasteiger partial charge < -0.3 is 14.2 Å². The molecule has 1 heterocycles. The third kappa shape index (κ3) is 2.45. The van der Waals surface area contributed by atoms with Crippen molar-refractivity contribution < 1.29 is 14.2 Å². The number of hydrogen-bond donors (Lipinski definition) is 1. The molecule has 1 N–H and O–H groups in total. The largest absolute Gasteiger partial charge is 0.497 e. The van der Waals surface area contributed by atoms with Crippen molar-refractivity contribution in [3.8, 4) is 16.9 Å². The van der Waals surface area contributed by atoms with Gasteiger partial charge in [-0.2, -0.15) is 0 Å². The van der Waals surface area contributed by atoms with Gasteiger partial charge >= 0.3 is 6.92 Å². The molecule has 3 aromatic carbocycles. The molecule has 0 aliphatic carbocycles. The summed E-state index contributed by atoms with van der Waals surface area (Å²) in [7, 11) is 1.64. The van der Waals surface area contributed by atoms with Crippen molar-refractivity contribution in [1.82, 2.24) is 0 Å². The van der Waals surface area contributed by atoms with E-state index in [0.717, 1.165) is 44.3 Å². The van der Waals surface area contributed by atoms with Crippen LogP contribution < -0.4 is 10.2 Å². The second-order valence-corrected chi connectivity index (χ2v) is 5.98. The quantitative estimate of drug-likeness (QED) is 0.579. The van der Waals surface area contributed by atoms with Crippen LogP contribution in [-0.2, 0) is 0 Å². The Morgan fingerprint density at radius 2 is 1.67 bits per heavy atom. The minimum Gasteiger partial charge on any atom is -0.497 e. The van der Waals surface area contributed by atoms with Gasteiger partial charge in [0, 0.05) is 10.8 Å². The maximum atomic E-state index is 9.92. The van der Waals surface area contributed by atoms with Crippen LogP contribution in [0.15, 0.2) is 65.1 Å². The molecule has 0 saturated heterocycles. The molecule has 0 amide bonds. The minimum atomic E-state index is -0.544. The van der Waals surface area contributed by atoms with E-state index < -0.39 is 6.92 Å². The van der Waals surface area contributed by atoms with Crippen LogP contribution in [0, 0.1) is 0 Å². The third-order valence-corrected chi connectivity index (χ3v) is 4.36. The first-order valence-electron chi connectivity index (χ1n) is 7.94. The van der Waals surface area contributed by atoms with Crippen molar-refractivity contribution in [2.24, 2.45) is 0 Å². The van der Waals surface area contributed by atoms with Crippen molar-refractivity contribution in [1.29, 1.82) is 0 Å². The van der Waals surface area contributed by atoms with Crippen molar-refractivity contribution in [2.75, 3.05) is 7.11 Å². The lowest BCUT2D eigenvalue weighted by Crippen LogP contribution is -2.26. The number of benzene rings is 3. The third-order valence-electron chi connectivity index (χ3n) is 4.36. The predicted octanol–water partition coefficient (Wildman–Crippen LogP) is 4.08. The van der Waals surface area contributed by atoms with Gasteiger partial charge in [0.25, 0.3) is 0 Å². The number of fused-ring (bicyclic) bond motifs is 3. The highest BCUT2D eigenvalue weighted by molar-refractivity contribution is 6.65. The van der Waals surface area contributed by atoms with Crippen LogP contribution in [0.3, 0.4) is 0 Å². The van der Waals surface area contributed by atoms with Crippen molar-refractivity contribution in [3.05, 3.63) is 60.7 Å². The van der Waals surface area contributed by atoms with Crippen molar-refractivity contribution >= 4 is 34.3 Å². The maximum absolute atomic E-state index is 9.92. The lowest BCUT2D eigenvalue weighted by Gasteiger charge is -2.10. The number of rotatable bonds is 3. The highest BCUT2D eigenvalue weighted by Crippen LogP contribution is 2.32. The second-order valence-electron chi connectivity index (χ2n) is 5.98. The molecule has 4 heteroatoms. The number of methoxy groups -OCH3 is 1. The summed E-state index contributed by atoms with van der Waals surface area (Å²) in [6.45, 7) is 1.21. The number of ether oxygens (including phenoxy) is 1. The molecule has 24 heavy (non-hydrogen) atoms. The topological polar surface area (TPSA) is 42.6 Å². The molecule has 4 rings (SSSR count). The maximum Gasteiger partial charge on any atom is 0.320 e. The van der Waals surface area contributed by atoms with Crippen LogP contribution in [0.4, 0.5) is 0 Å². The Kier molecular flexibility index (Phi) is 3.55. The Hall–Kier alpha value is -2.72. The molecule has 1 aromatic heterocycles. The zero-order chi connectivity index (χ0) is 16.7. The average molecular weight is 316 g/mol. The summed E-state index contributed by atoms with van der Waals surface area (Å²) < 4.78 is 11.3. The van der Waals surface area contributed by atoms with E-state index >= 15 is 0 Å². The molecule has 0 aliphatic rings. The van der Waals surface area contributed by atoms with Crippen LogP contribution in [0.2, 0.25) is 6.82 Å². The smallest absolute Gasteiger partial charge is 0.320 e. The summed E-state index contributed by atoms with van der Waals surface area (Å²) in [5.74, 6) is 0.737. The number of furan rings is 1. The zero-order valence-electron chi connectivity index (χ0n) is 13.6. The van der Waals surface area contributed by atoms with Gasteiger partial charge in [-0.05, 0) is 46.9 Å². The van der Waals surface area contributed by atoms with Gasteiger partial charge in [0.2, 0.25) is 0 Å². The molecule has 0 bridgehead atoms. The summed E-state index contributed by atoms with van der Waals surface area (Å²) in [5.41, 5.74) is 4.67. The van der Waals surface area contributed by atoms with E-state index in [9.17, 15) is 5.02 Å². The molecule has 0 atom stereocenters. The second kappa shape index (κ2) is 5.73. The molecule has 0 unspecified atom stereocenters. The lowest BCUT2D eigenvalue weighted by atomic mass is 9.64. The number of hydrogen-bond acceptors (Lipinski definition) is 3. The summed E-state index contributed by atoms with van der Waals surface area (Å²) in [6.07, 6.45) is 0. The Morgan fingerprint density at radius 3 is 2.46 bits per heavy atom. The van der Waals surface area contributed by atoms with E-state index in [1.54, 1.807) is 13.9 Å². The highest BCUT2D eigenvalue weighted by atomic mass is 16.5. The fourth-order valence-corrected chi connectivity index (χ4v) is 3.05. The molecule has 4 aromatic rings. The Morgan fingerprint density at radius 1 is 0.875 bits per heavy atom. The van der Waals surface area contributed by atoms with Crippen molar-refractivity contribution in [2.45, 2.75) is 6.82 Å². The van der Waals surface area contributed by atoms with E-state index in [4.69, 9.17) is 9.15 Å². The van der Waals surface area contributed by atoms with Gasteiger partial charge in [0.05, 0.1) is 7.11 Å². The molecule has 118 valence electrons. The van der Waals surface area contributed by atoms with Gasteiger partial charge in [-0.3, -0.25) is 0 Å². The normalized spacial score (nSPS) is 11.1. The average Bonchev–Trinajstić information content (AvgIpc) is 2.99. The van der Waals surface area contributed by atoms with E-state index in [-0.39, 0.29) is 0 Å². The molecule has 0 saturated carbocycles. The van der Waals surface area contributed by atoms with Crippen LogP contribution in [0.5, 0.6) is 5.75 Å². The molecule has 0 fully saturated rings. The van der Waals surface area contributed by atoms with Gasteiger partial charge in [-0.1, -0.05) is 37.2 Å². The van der Waals surface area contributed by atoms with Crippen LogP contribution in [-0.4, -0.2) is 19.0 Å². The van der Waals surface area contributed by atoms with Gasteiger partial charge in [0.1, 0.15) is 16.9 Å². The summed E-state index contributed by atoms with van der Waals surface area (Å²) in [6, 6.07) is 20.0. The van der Waals surface area contributed by atoms with Gasteiger partial charge in [-0.15, -0.1) is 0 Å². The lowest BCUT2D eigenvalue weighted by molar-refractivity contribution is 0.415. The Bertz CT molecular complexity index is 1030. The van der Waals surface area contributed by atoms with Gasteiger partial charge in [-0.25, -0.2) is 0 Å². The molecule has 3 nitrogen and oxygen atoms in total.